The Balaban J connectivity index is 1.52. The summed E-state index contributed by atoms with van der Waals surface area (Å²) in [5.74, 6) is 6.80. The molecule has 0 bridgehead atoms. The number of thiazole rings is 1. The number of hydrogen-bond donors (Lipinski definition) is 3. The van der Waals surface area contributed by atoms with Gasteiger partial charge in [-0.1, -0.05) is 43.4 Å². The van der Waals surface area contributed by atoms with Crippen molar-refractivity contribution in [3.8, 4) is 11.8 Å². The number of aliphatic hydroxyl groups excluding tert-OH is 1. The van der Waals surface area contributed by atoms with Crippen LogP contribution in [-0.4, -0.2) is 58.2 Å². The maximum atomic E-state index is 12.6. The number of carbonyl (C=O) groups excluding carboxylic acids is 1. The topological polar surface area (TPSA) is 90.4 Å². The van der Waals surface area contributed by atoms with Crippen LogP contribution in [0.2, 0.25) is 5.02 Å². The molecule has 1 amide bonds. The van der Waals surface area contributed by atoms with E-state index in [2.05, 4.69) is 37.3 Å². The summed E-state index contributed by atoms with van der Waals surface area (Å²) in [5.41, 5.74) is 2.89. The van der Waals surface area contributed by atoms with Gasteiger partial charge in [-0.25, -0.2) is 9.97 Å². The van der Waals surface area contributed by atoms with E-state index in [0.29, 0.717) is 28.5 Å². The van der Waals surface area contributed by atoms with Crippen LogP contribution >= 0.6 is 22.9 Å². The van der Waals surface area contributed by atoms with E-state index >= 15 is 0 Å². The fourth-order valence-corrected chi connectivity index (χ4v) is 4.77. The fourth-order valence-electron chi connectivity index (χ4n) is 3.91. The van der Waals surface area contributed by atoms with Crippen molar-refractivity contribution in [2.45, 2.75) is 26.9 Å². The summed E-state index contributed by atoms with van der Waals surface area (Å²) < 4.78 is 0. The first kappa shape index (κ1) is 27.6. The number of carbonyl (C=O) groups is 1. The second-order valence-electron chi connectivity index (χ2n) is 8.81. The number of halogens is 1. The number of anilines is 2. The highest BCUT2D eigenvalue weighted by atomic mass is 35.5. The second kappa shape index (κ2) is 12.9. The maximum absolute atomic E-state index is 12.6. The second-order valence-corrected chi connectivity index (χ2v) is 10.1. The van der Waals surface area contributed by atoms with Gasteiger partial charge in [0, 0.05) is 51.6 Å². The molecule has 4 rings (SSSR count). The molecule has 0 aliphatic rings. The Labute approximate surface area is 231 Å². The summed E-state index contributed by atoms with van der Waals surface area (Å²) in [7, 11) is 0. The number of benzene rings is 2. The third-order valence-corrected chi connectivity index (χ3v) is 7.15. The minimum atomic E-state index is -0.622. The molecule has 0 saturated heterocycles. The third kappa shape index (κ3) is 7.09. The number of rotatable bonds is 9. The Morgan fingerprint density at radius 3 is 2.61 bits per heavy atom. The third-order valence-electron chi connectivity index (χ3n) is 6.04. The van der Waals surface area contributed by atoms with Crippen molar-refractivity contribution in [3.63, 3.8) is 0 Å². The predicted octanol–water partition coefficient (Wildman–Crippen LogP) is 5.23. The van der Waals surface area contributed by atoms with Crippen molar-refractivity contribution in [2.75, 3.05) is 31.5 Å². The zero-order valence-electron chi connectivity index (χ0n) is 21.6. The average Bonchev–Trinajstić information content (AvgIpc) is 3.34. The average molecular weight is 548 g/mol. The molecule has 0 spiro atoms. The smallest absolute Gasteiger partial charge is 0.251 e. The molecule has 38 heavy (non-hydrogen) atoms. The zero-order valence-corrected chi connectivity index (χ0v) is 23.2. The fraction of sp³-hybridized carbons (Fsp3) is 0.276. The van der Waals surface area contributed by atoms with E-state index in [1.807, 2.05) is 44.4 Å². The Kier molecular flexibility index (Phi) is 9.32. The standard InChI is InChI=1S/C29H30ClN5O2S/c1-4-35(5-2)17-24(36)16-32-28(37)21-9-6-20(7-10-21)8-13-25-26-14-23(30)12-11-22(26)15-31-27(25)34-29-33-19(3)18-38-29/h6-7,9-12,14-15,18,24,36H,4-5,16-17H2,1-3H3,(H,32,37)(H,31,33,34). The molecule has 1 atom stereocenters. The van der Waals surface area contributed by atoms with Crippen molar-refractivity contribution in [2.24, 2.45) is 0 Å². The monoisotopic (exact) mass is 547 g/mol. The molecule has 3 N–H and O–H groups in total. The molecule has 196 valence electrons. The lowest BCUT2D eigenvalue weighted by molar-refractivity contribution is 0.0869. The number of fused-ring (bicyclic) bond motifs is 1. The summed E-state index contributed by atoms with van der Waals surface area (Å²) in [6.07, 6.45) is 1.16. The normalized spacial score (nSPS) is 11.7. The Morgan fingerprint density at radius 2 is 1.92 bits per heavy atom. The van der Waals surface area contributed by atoms with Crippen LogP contribution in [-0.2, 0) is 0 Å². The van der Waals surface area contributed by atoms with E-state index in [4.69, 9.17) is 11.6 Å². The highest BCUT2D eigenvalue weighted by Crippen LogP contribution is 2.29. The van der Waals surface area contributed by atoms with Gasteiger partial charge in [-0.3, -0.25) is 4.79 Å². The van der Waals surface area contributed by atoms with Gasteiger partial charge in [0.25, 0.3) is 5.91 Å². The van der Waals surface area contributed by atoms with Gasteiger partial charge >= 0.3 is 0 Å². The van der Waals surface area contributed by atoms with Gasteiger partial charge in [-0.2, -0.15) is 0 Å². The predicted molar refractivity (Wildman–Crippen MR) is 155 cm³/mol. The summed E-state index contributed by atoms with van der Waals surface area (Å²) in [6, 6.07) is 12.7. The van der Waals surface area contributed by atoms with Gasteiger partial charge in [0.2, 0.25) is 0 Å². The molecule has 0 fully saturated rings. The number of hydrogen-bond acceptors (Lipinski definition) is 7. The molecule has 2 heterocycles. The first-order chi connectivity index (χ1) is 18.4. The Morgan fingerprint density at radius 1 is 1.16 bits per heavy atom. The molecule has 9 heteroatoms. The largest absolute Gasteiger partial charge is 0.390 e. The van der Waals surface area contributed by atoms with Crippen molar-refractivity contribution < 1.29 is 9.90 Å². The molecule has 0 radical (unpaired) electrons. The summed E-state index contributed by atoms with van der Waals surface area (Å²) in [4.78, 5) is 23.7. The van der Waals surface area contributed by atoms with Crippen LogP contribution in [0.1, 0.15) is 41.0 Å². The van der Waals surface area contributed by atoms with Gasteiger partial charge in [-0.05, 0) is 56.4 Å². The number of pyridine rings is 1. The van der Waals surface area contributed by atoms with Gasteiger partial charge < -0.3 is 20.6 Å². The first-order valence-corrected chi connectivity index (χ1v) is 13.7. The molecule has 0 aliphatic carbocycles. The minimum Gasteiger partial charge on any atom is -0.390 e. The zero-order chi connectivity index (χ0) is 27.1. The number of aliphatic hydroxyl groups is 1. The number of aromatic nitrogens is 2. The Bertz CT molecular complexity index is 1470. The summed E-state index contributed by atoms with van der Waals surface area (Å²) >= 11 is 7.80. The van der Waals surface area contributed by atoms with Crippen LogP contribution in [0.3, 0.4) is 0 Å². The van der Waals surface area contributed by atoms with Crippen LogP contribution in [0, 0.1) is 18.8 Å². The SMILES string of the molecule is CCN(CC)CC(O)CNC(=O)c1ccc(C#Cc2c(Nc3nc(C)cs3)ncc3ccc(Cl)cc23)cc1. The number of aryl methyl sites for hydroxylation is 1. The summed E-state index contributed by atoms with van der Waals surface area (Å²) in [5, 5.41) is 21.4. The van der Waals surface area contributed by atoms with E-state index in [1.54, 1.807) is 30.5 Å². The van der Waals surface area contributed by atoms with Gasteiger partial charge in [0.15, 0.2) is 5.13 Å². The van der Waals surface area contributed by atoms with Crippen molar-refractivity contribution in [3.05, 3.63) is 81.4 Å². The molecular formula is C29H30ClN5O2S. The van der Waals surface area contributed by atoms with Crippen molar-refractivity contribution in [1.82, 2.24) is 20.2 Å². The quantitative estimate of drug-likeness (QED) is 0.249. The van der Waals surface area contributed by atoms with Gasteiger partial charge in [0.1, 0.15) is 5.82 Å². The molecule has 0 aliphatic heterocycles. The highest BCUT2D eigenvalue weighted by molar-refractivity contribution is 7.13. The molecular weight excluding hydrogens is 518 g/mol. The first-order valence-electron chi connectivity index (χ1n) is 12.4. The molecule has 7 nitrogen and oxygen atoms in total. The van der Waals surface area contributed by atoms with Crippen LogP contribution < -0.4 is 10.6 Å². The van der Waals surface area contributed by atoms with E-state index in [1.165, 1.54) is 11.3 Å². The lowest BCUT2D eigenvalue weighted by Crippen LogP contribution is -2.40. The lowest BCUT2D eigenvalue weighted by Gasteiger charge is -2.22. The van der Waals surface area contributed by atoms with Crippen molar-refractivity contribution in [1.29, 1.82) is 0 Å². The lowest BCUT2D eigenvalue weighted by atomic mass is 10.1. The summed E-state index contributed by atoms with van der Waals surface area (Å²) in [6.45, 7) is 8.46. The van der Waals surface area contributed by atoms with E-state index in [0.717, 1.165) is 40.3 Å². The Hall–Kier alpha value is -3.48. The molecule has 1 unspecified atom stereocenters. The maximum Gasteiger partial charge on any atom is 0.251 e. The minimum absolute atomic E-state index is 0.196. The highest BCUT2D eigenvalue weighted by Gasteiger charge is 2.13. The number of amides is 1. The molecule has 2 aromatic heterocycles. The van der Waals surface area contributed by atoms with Gasteiger partial charge in [0.05, 0.1) is 17.4 Å². The van der Waals surface area contributed by atoms with E-state index in [9.17, 15) is 9.90 Å². The molecule has 4 aromatic rings. The number of likely N-dealkylation sites (N-methyl/N-ethyl adjacent to an activating group) is 1. The molecule has 0 saturated carbocycles. The van der Waals surface area contributed by atoms with Crippen LogP contribution in [0.25, 0.3) is 10.8 Å². The van der Waals surface area contributed by atoms with Crippen LogP contribution in [0.15, 0.2) is 54.0 Å². The van der Waals surface area contributed by atoms with E-state index in [-0.39, 0.29) is 12.5 Å². The van der Waals surface area contributed by atoms with Crippen LogP contribution in [0.4, 0.5) is 10.9 Å². The van der Waals surface area contributed by atoms with E-state index < -0.39 is 6.10 Å². The van der Waals surface area contributed by atoms with Crippen molar-refractivity contribution >= 4 is 50.6 Å². The van der Waals surface area contributed by atoms with Gasteiger partial charge in [-0.15, -0.1) is 11.3 Å². The van der Waals surface area contributed by atoms with Crippen LogP contribution in [0.5, 0.6) is 0 Å². The number of nitrogens with one attached hydrogen (secondary N) is 2. The molecule has 2 aromatic carbocycles. The number of nitrogens with zero attached hydrogens (tertiary/aromatic N) is 3.